The molecule has 0 saturated heterocycles. The van der Waals surface area contributed by atoms with Gasteiger partial charge in [-0.25, -0.2) is 0 Å². The van der Waals surface area contributed by atoms with Gasteiger partial charge in [0.15, 0.2) is 0 Å². The van der Waals surface area contributed by atoms with Gasteiger partial charge in [0.1, 0.15) is 0 Å². The van der Waals surface area contributed by atoms with Gasteiger partial charge < -0.3 is 4.98 Å². The van der Waals surface area contributed by atoms with Gasteiger partial charge >= 0.3 is 25.7 Å². The average molecular weight is 146 g/mol. The average Bonchev–Trinajstić information content (AvgIpc) is 2.17. The Labute approximate surface area is 55.7 Å². The second-order valence-electron chi connectivity index (χ2n) is 0.898. The van der Waals surface area contributed by atoms with E-state index >= 15 is 0 Å². The van der Waals surface area contributed by atoms with Crippen LogP contribution in [0.4, 0.5) is 0 Å². The summed E-state index contributed by atoms with van der Waals surface area (Å²) in [7, 11) is 0. The van der Waals surface area contributed by atoms with Crippen LogP contribution in [0, 0.1) is 6.20 Å². The van der Waals surface area contributed by atoms with Crippen LogP contribution in [0.3, 0.4) is 0 Å². The molecule has 0 radical (unpaired) electrons. The van der Waals surface area contributed by atoms with Crippen molar-refractivity contribution in [3.8, 4) is 0 Å². The van der Waals surface area contributed by atoms with Gasteiger partial charge in [-0.3, -0.25) is 0 Å². The minimum atomic E-state index is -2.00. The first-order chi connectivity index (χ1) is 3.91. The van der Waals surface area contributed by atoms with Crippen LogP contribution in [0.15, 0.2) is 18.3 Å². The summed E-state index contributed by atoms with van der Waals surface area (Å²) in [4.78, 5) is 2.74. The molecule has 1 aromatic rings. The maximum atomic E-state index is 8.50. The molecule has 0 aliphatic heterocycles. The molecule has 0 aliphatic carbocycles. The predicted octanol–water partition coefficient (Wildman–Crippen LogP) is 0.575. The maximum absolute atomic E-state index is 8.50. The summed E-state index contributed by atoms with van der Waals surface area (Å²) in [5, 5.41) is 0. The SMILES string of the molecule is [O]=[Ti]=[O].[c-]1ccc[nH]1. The number of nitrogens with one attached hydrogen (secondary N) is 1. The number of rotatable bonds is 0. The van der Waals surface area contributed by atoms with Crippen molar-refractivity contribution in [3.63, 3.8) is 0 Å². The Morgan fingerprint density at radius 1 is 1.50 bits per heavy atom. The van der Waals surface area contributed by atoms with Crippen molar-refractivity contribution < 1.29 is 25.7 Å². The summed E-state index contributed by atoms with van der Waals surface area (Å²) in [5.41, 5.74) is 0. The summed E-state index contributed by atoms with van der Waals surface area (Å²) in [6.07, 6.45) is 4.56. The van der Waals surface area contributed by atoms with Gasteiger partial charge in [0.25, 0.3) is 0 Å². The molecule has 42 valence electrons. The molecule has 0 spiro atoms. The van der Waals surface area contributed by atoms with E-state index in [1.54, 1.807) is 0 Å². The summed E-state index contributed by atoms with van der Waals surface area (Å²) < 4.78 is 17.0. The van der Waals surface area contributed by atoms with Crippen LogP contribution in [0.2, 0.25) is 0 Å². The van der Waals surface area contributed by atoms with E-state index in [9.17, 15) is 0 Å². The molecule has 0 aliphatic rings. The van der Waals surface area contributed by atoms with E-state index in [1.807, 2.05) is 18.3 Å². The van der Waals surface area contributed by atoms with E-state index in [4.69, 9.17) is 6.65 Å². The molecule has 1 heterocycles. The van der Waals surface area contributed by atoms with Crippen LogP contribution in [0.25, 0.3) is 0 Å². The molecule has 1 aromatic heterocycles. The summed E-state index contributed by atoms with van der Waals surface area (Å²) in [5.74, 6) is 0. The molecule has 3 nitrogen and oxygen atoms in total. The molecule has 0 unspecified atom stereocenters. The molecule has 0 bridgehead atoms. The van der Waals surface area contributed by atoms with Crippen LogP contribution in [-0.4, -0.2) is 4.98 Å². The standard InChI is InChI=1S/C4H4N.2O.Ti/c1-2-4-5-3-1;;;/h1-3,5H;;;/q-1;;;. The Kier molecular flexibility index (Phi) is 6.26. The van der Waals surface area contributed by atoms with Crippen molar-refractivity contribution in [2.45, 2.75) is 0 Å². The van der Waals surface area contributed by atoms with E-state index < -0.39 is 19.1 Å². The fraction of sp³-hybridized carbons (Fsp3) is 0. The van der Waals surface area contributed by atoms with Crippen LogP contribution < -0.4 is 0 Å². The van der Waals surface area contributed by atoms with Crippen molar-refractivity contribution >= 4 is 0 Å². The Hall–Kier alpha value is -0.406. The minimum Gasteiger partial charge on any atom is -0.484 e. The number of hydrogen-bond acceptors (Lipinski definition) is 2. The van der Waals surface area contributed by atoms with E-state index in [0.717, 1.165) is 0 Å². The molecule has 4 heteroatoms. The second-order valence-corrected chi connectivity index (χ2v) is 1.16. The quantitative estimate of drug-likeness (QED) is 0.429. The zero-order valence-electron chi connectivity index (χ0n) is 4.05. The molecule has 0 aromatic carbocycles. The van der Waals surface area contributed by atoms with E-state index in [-0.39, 0.29) is 0 Å². The Bertz CT molecular complexity index is 126. The summed E-state index contributed by atoms with van der Waals surface area (Å²) in [6.45, 7) is 0. The first-order valence-electron chi connectivity index (χ1n) is 1.90. The number of aromatic amines is 1. The number of hydrogen-bond donors (Lipinski definition) is 1. The van der Waals surface area contributed by atoms with E-state index in [1.165, 1.54) is 0 Å². The minimum absolute atomic E-state index is 1.82. The van der Waals surface area contributed by atoms with E-state index in [2.05, 4.69) is 11.2 Å². The van der Waals surface area contributed by atoms with Crippen molar-refractivity contribution in [2.24, 2.45) is 0 Å². The van der Waals surface area contributed by atoms with Crippen molar-refractivity contribution in [1.29, 1.82) is 0 Å². The molecule has 0 fully saturated rings. The first-order valence-corrected chi connectivity index (χ1v) is 3.18. The summed E-state index contributed by atoms with van der Waals surface area (Å²) >= 11 is -2.00. The fourth-order valence-corrected chi connectivity index (χ4v) is 0.241. The molecule has 0 saturated carbocycles. The van der Waals surface area contributed by atoms with Crippen molar-refractivity contribution in [2.75, 3.05) is 0 Å². The zero-order valence-corrected chi connectivity index (χ0v) is 5.61. The normalized spacial score (nSPS) is 6.00. The van der Waals surface area contributed by atoms with Gasteiger partial charge in [-0.15, -0.1) is 6.20 Å². The van der Waals surface area contributed by atoms with Gasteiger partial charge in [0, 0.05) is 0 Å². The largest absolute Gasteiger partial charge is 0.484 e. The van der Waals surface area contributed by atoms with Crippen LogP contribution >= 0.6 is 0 Å². The van der Waals surface area contributed by atoms with Gasteiger partial charge in [-0.1, -0.05) is 0 Å². The Morgan fingerprint density at radius 2 is 2.12 bits per heavy atom. The first kappa shape index (κ1) is 7.59. The molecule has 1 N–H and O–H groups in total. The number of aromatic nitrogens is 1. The second kappa shape index (κ2) is 6.59. The zero-order chi connectivity index (χ0) is 6.24. The van der Waals surface area contributed by atoms with Gasteiger partial charge in [0.2, 0.25) is 0 Å². The number of H-pyrrole nitrogens is 1. The van der Waals surface area contributed by atoms with Gasteiger partial charge in [0.05, 0.1) is 0 Å². The molecular weight excluding hydrogens is 142 g/mol. The fourth-order valence-electron chi connectivity index (χ4n) is 0.241. The molecule has 0 amide bonds. The third kappa shape index (κ3) is 5.59. The monoisotopic (exact) mass is 146 g/mol. The van der Waals surface area contributed by atoms with Crippen LogP contribution in [-0.2, 0) is 25.7 Å². The molecule has 1 rings (SSSR count). The third-order valence-corrected chi connectivity index (χ3v) is 0.442. The van der Waals surface area contributed by atoms with Gasteiger partial charge in [-0.05, 0) is 0 Å². The van der Waals surface area contributed by atoms with Gasteiger partial charge in [-0.2, -0.15) is 18.3 Å². The topological polar surface area (TPSA) is 49.9 Å². The van der Waals surface area contributed by atoms with E-state index in [0.29, 0.717) is 0 Å². The van der Waals surface area contributed by atoms with Crippen molar-refractivity contribution in [3.05, 3.63) is 24.5 Å². The molecule has 0 atom stereocenters. The Morgan fingerprint density at radius 3 is 2.25 bits per heavy atom. The summed E-state index contributed by atoms with van der Waals surface area (Å²) in [6, 6.07) is 3.71. The molecular formula is C4H4NO2Ti-. The Balaban J connectivity index is 0.000000145. The smallest absolute Gasteiger partial charge is 0.108 e. The van der Waals surface area contributed by atoms with Crippen LogP contribution in [0.5, 0.6) is 0 Å². The van der Waals surface area contributed by atoms with Crippen molar-refractivity contribution in [1.82, 2.24) is 4.98 Å². The van der Waals surface area contributed by atoms with Crippen LogP contribution in [0.1, 0.15) is 0 Å². The third-order valence-electron chi connectivity index (χ3n) is 0.442. The maximum Gasteiger partial charge on any atom is -0.108 e. The molecule has 8 heavy (non-hydrogen) atoms. The predicted molar refractivity (Wildman–Crippen MR) is 21.0 cm³/mol.